The molecule has 0 amide bonds. The van der Waals surface area contributed by atoms with Crippen LogP contribution in [0.4, 0.5) is 10.7 Å². The molecular formula is C11H11N3O4S2. The molecule has 0 aliphatic rings. The third-order valence-corrected chi connectivity index (χ3v) is 4.40. The SMILES string of the molecule is NS(=O)(=O)c1cccc(NCc2ccc([N+](=O)[O-])s2)c1. The van der Waals surface area contributed by atoms with Gasteiger partial charge in [0.25, 0.3) is 0 Å². The highest BCUT2D eigenvalue weighted by Crippen LogP contribution is 2.25. The van der Waals surface area contributed by atoms with E-state index in [1.54, 1.807) is 18.2 Å². The van der Waals surface area contributed by atoms with E-state index in [2.05, 4.69) is 5.32 Å². The molecule has 0 radical (unpaired) electrons. The van der Waals surface area contributed by atoms with Gasteiger partial charge < -0.3 is 5.32 Å². The number of sulfonamides is 1. The maximum atomic E-state index is 11.2. The Labute approximate surface area is 119 Å². The summed E-state index contributed by atoms with van der Waals surface area (Å²) in [7, 11) is -3.74. The maximum absolute atomic E-state index is 11.2. The lowest BCUT2D eigenvalue weighted by Crippen LogP contribution is -2.12. The van der Waals surface area contributed by atoms with Crippen molar-refractivity contribution in [3.8, 4) is 0 Å². The van der Waals surface area contributed by atoms with E-state index in [9.17, 15) is 18.5 Å². The van der Waals surface area contributed by atoms with E-state index < -0.39 is 14.9 Å². The molecule has 0 spiro atoms. The quantitative estimate of drug-likeness (QED) is 0.646. The Balaban J connectivity index is 2.09. The van der Waals surface area contributed by atoms with Crippen LogP contribution in [0, 0.1) is 10.1 Å². The summed E-state index contributed by atoms with van der Waals surface area (Å²) in [6.07, 6.45) is 0. The van der Waals surface area contributed by atoms with Gasteiger partial charge in [0.2, 0.25) is 10.0 Å². The second-order valence-electron chi connectivity index (χ2n) is 3.92. The van der Waals surface area contributed by atoms with Gasteiger partial charge in [-0.1, -0.05) is 17.4 Å². The van der Waals surface area contributed by atoms with Crippen LogP contribution < -0.4 is 10.5 Å². The van der Waals surface area contributed by atoms with Crippen molar-refractivity contribution in [2.24, 2.45) is 5.14 Å². The molecule has 1 aromatic carbocycles. The average Bonchev–Trinajstić information content (AvgIpc) is 2.85. The van der Waals surface area contributed by atoms with Crippen molar-refractivity contribution in [3.63, 3.8) is 0 Å². The Morgan fingerprint density at radius 2 is 2.05 bits per heavy atom. The van der Waals surface area contributed by atoms with E-state index in [0.29, 0.717) is 12.2 Å². The van der Waals surface area contributed by atoms with Crippen molar-refractivity contribution in [2.45, 2.75) is 11.4 Å². The first-order valence-electron chi connectivity index (χ1n) is 5.46. The Morgan fingerprint density at radius 3 is 2.65 bits per heavy atom. The van der Waals surface area contributed by atoms with Crippen LogP contribution in [0.5, 0.6) is 0 Å². The molecule has 0 aliphatic carbocycles. The van der Waals surface area contributed by atoms with Gasteiger partial charge in [-0.25, -0.2) is 13.6 Å². The highest BCUT2D eigenvalue weighted by molar-refractivity contribution is 7.89. The maximum Gasteiger partial charge on any atom is 0.324 e. The second-order valence-corrected chi connectivity index (χ2v) is 6.63. The third-order valence-electron chi connectivity index (χ3n) is 2.46. The van der Waals surface area contributed by atoms with Crippen LogP contribution in [-0.2, 0) is 16.6 Å². The molecule has 0 atom stereocenters. The lowest BCUT2D eigenvalue weighted by Gasteiger charge is -2.06. The van der Waals surface area contributed by atoms with E-state index in [1.807, 2.05) is 0 Å². The highest BCUT2D eigenvalue weighted by Gasteiger charge is 2.10. The molecule has 1 heterocycles. The van der Waals surface area contributed by atoms with Crippen molar-refractivity contribution in [3.05, 3.63) is 51.4 Å². The number of nitro groups is 1. The normalized spacial score (nSPS) is 11.2. The van der Waals surface area contributed by atoms with Crippen LogP contribution in [0.1, 0.15) is 4.88 Å². The summed E-state index contributed by atoms with van der Waals surface area (Å²) in [4.78, 5) is 10.9. The Morgan fingerprint density at radius 1 is 1.30 bits per heavy atom. The van der Waals surface area contributed by atoms with Crippen molar-refractivity contribution >= 4 is 32.0 Å². The minimum atomic E-state index is -3.74. The Kier molecular flexibility index (Phi) is 4.02. The number of thiophene rings is 1. The Hall–Kier alpha value is -1.97. The molecule has 0 aliphatic heterocycles. The van der Waals surface area contributed by atoms with Crippen molar-refractivity contribution in [1.82, 2.24) is 0 Å². The fraction of sp³-hybridized carbons (Fsp3) is 0.0909. The minimum Gasteiger partial charge on any atom is -0.380 e. The largest absolute Gasteiger partial charge is 0.380 e. The predicted molar refractivity (Wildman–Crippen MR) is 76.1 cm³/mol. The number of anilines is 1. The van der Waals surface area contributed by atoms with E-state index >= 15 is 0 Å². The van der Waals surface area contributed by atoms with Gasteiger partial charge in [0.05, 0.1) is 9.82 Å². The van der Waals surface area contributed by atoms with Gasteiger partial charge in [0.15, 0.2) is 0 Å². The number of nitrogens with zero attached hydrogens (tertiary/aromatic N) is 1. The molecule has 0 fully saturated rings. The number of hydrogen-bond donors (Lipinski definition) is 2. The van der Waals surface area contributed by atoms with E-state index in [4.69, 9.17) is 5.14 Å². The van der Waals surface area contributed by atoms with E-state index in [0.717, 1.165) is 16.2 Å². The summed E-state index contributed by atoms with van der Waals surface area (Å²) >= 11 is 1.07. The van der Waals surface area contributed by atoms with Crippen molar-refractivity contribution < 1.29 is 13.3 Å². The molecule has 3 N–H and O–H groups in total. The number of rotatable bonds is 5. The average molecular weight is 313 g/mol. The van der Waals surface area contributed by atoms with Crippen LogP contribution in [-0.4, -0.2) is 13.3 Å². The zero-order valence-corrected chi connectivity index (χ0v) is 11.8. The number of benzene rings is 1. The first-order chi connectivity index (χ1) is 9.36. The second kappa shape index (κ2) is 5.57. The van der Waals surface area contributed by atoms with Crippen LogP contribution in [0.25, 0.3) is 0 Å². The fourth-order valence-corrected chi connectivity index (χ4v) is 2.85. The zero-order valence-electron chi connectivity index (χ0n) is 10.1. The van der Waals surface area contributed by atoms with Crippen LogP contribution in [0.2, 0.25) is 0 Å². The molecule has 20 heavy (non-hydrogen) atoms. The summed E-state index contributed by atoms with van der Waals surface area (Å²) in [5, 5.41) is 18.7. The molecule has 7 nitrogen and oxygen atoms in total. The van der Waals surface area contributed by atoms with Crippen molar-refractivity contribution in [2.75, 3.05) is 5.32 Å². The summed E-state index contributed by atoms with van der Waals surface area (Å²) in [5.74, 6) is 0. The molecule has 2 aromatic rings. The van der Waals surface area contributed by atoms with Gasteiger partial charge >= 0.3 is 5.00 Å². The van der Waals surface area contributed by atoms with Crippen LogP contribution >= 0.6 is 11.3 Å². The molecule has 9 heteroatoms. The van der Waals surface area contributed by atoms with Gasteiger partial charge in [-0.05, 0) is 24.3 Å². The van der Waals surface area contributed by atoms with Crippen LogP contribution in [0.3, 0.4) is 0 Å². The van der Waals surface area contributed by atoms with Gasteiger partial charge in [-0.15, -0.1) is 0 Å². The summed E-state index contributed by atoms with van der Waals surface area (Å²) in [5.41, 5.74) is 0.576. The van der Waals surface area contributed by atoms with Crippen molar-refractivity contribution in [1.29, 1.82) is 0 Å². The molecule has 0 bridgehead atoms. The van der Waals surface area contributed by atoms with Crippen LogP contribution in [0.15, 0.2) is 41.3 Å². The lowest BCUT2D eigenvalue weighted by molar-refractivity contribution is -0.380. The predicted octanol–water partition coefficient (Wildman–Crippen LogP) is 1.92. The molecule has 106 valence electrons. The monoisotopic (exact) mass is 313 g/mol. The van der Waals surface area contributed by atoms with E-state index in [-0.39, 0.29) is 9.90 Å². The van der Waals surface area contributed by atoms with Gasteiger partial charge in [-0.3, -0.25) is 10.1 Å². The highest BCUT2D eigenvalue weighted by atomic mass is 32.2. The summed E-state index contributed by atoms with van der Waals surface area (Å²) in [6.45, 7) is 0.368. The first-order valence-corrected chi connectivity index (χ1v) is 7.82. The standard InChI is InChI=1S/C11H11N3O4S2/c12-20(17,18)10-3-1-2-8(6-10)13-7-9-4-5-11(19-9)14(15)16/h1-6,13H,7H2,(H2,12,17,18). The number of nitrogens with one attached hydrogen (secondary N) is 1. The number of hydrogen-bond acceptors (Lipinski definition) is 6. The van der Waals surface area contributed by atoms with Gasteiger partial charge in [0.1, 0.15) is 0 Å². The number of primary sulfonamides is 1. The molecule has 0 saturated carbocycles. The topological polar surface area (TPSA) is 115 Å². The first kappa shape index (κ1) is 14.4. The third kappa shape index (κ3) is 3.53. The molecule has 2 rings (SSSR count). The fourth-order valence-electron chi connectivity index (χ4n) is 1.53. The zero-order chi connectivity index (χ0) is 14.8. The minimum absolute atomic E-state index is 0.0136. The lowest BCUT2D eigenvalue weighted by atomic mass is 10.3. The smallest absolute Gasteiger partial charge is 0.324 e. The molecule has 0 unspecified atom stereocenters. The number of nitrogens with two attached hydrogens (primary N) is 1. The van der Waals surface area contributed by atoms with Gasteiger partial charge in [-0.2, -0.15) is 0 Å². The molecular weight excluding hydrogens is 302 g/mol. The molecule has 0 saturated heterocycles. The van der Waals surface area contributed by atoms with E-state index in [1.165, 1.54) is 18.2 Å². The molecule has 1 aromatic heterocycles. The summed E-state index contributed by atoms with van der Waals surface area (Å²) in [6, 6.07) is 9.16. The summed E-state index contributed by atoms with van der Waals surface area (Å²) < 4.78 is 22.4. The Bertz CT molecular complexity index is 740. The van der Waals surface area contributed by atoms with Gasteiger partial charge in [0, 0.05) is 23.2 Å².